The van der Waals surface area contributed by atoms with Crippen molar-refractivity contribution in [3.05, 3.63) is 94.9 Å². The number of amides is 1. The van der Waals surface area contributed by atoms with E-state index in [-0.39, 0.29) is 11.7 Å². The Labute approximate surface area is 214 Å². The van der Waals surface area contributed by atoms with E-state index < -0.39 is 17.6 Å². The molecule has 7 heteroatoms. The summed E-state index contributed by atoms with van der Waals surface area (Å²) in [6, 6.07) is 21.3. The first-order valence-electron chi connectivity index (χ1n) is 12.0. The molecule has 1 fully saturated rings. The molecular formula is C30H26N2O5. The van der Waals surface area contributed by atoms with Crippen LogP contribution in [0.1, 0.15) is 54.0 Å². The van der Waals surface area contributed by atoms with Gasteiger partial charge in [0.25, 0.3) is 0 Å². The van der Waals surface area contributed by atoms with E-state index in [1.165, 1.54) is 7.11 Å². The zero-order valence-corrected chi connectivity index (χ0v) is 20.8. The summed E-state index contributed by atoms with van der Waals surface area (Å²) in [4.78, 5) is 24.7. The van der Waals surface area contributed by atoms with Crippen molar-refractivity contribution in [2.24, 2.45) is 0 Å². The number of hydrogen-bond donors (Lipinski definition) is 1. The van der Waals surface area contributed by atoms with Gasteiger partial charge in [-0.25, -0.2) is 4.79 Å². The Kier molecular flexibility index (Phi) is 6.41. The summed E-state index contributed by atoms with van der Waals surface area (Å²) in [7, 11) is 1.43. The highest BCUT2D eigenvalue weighted by Crippen LogP contribution is 2.49. The first-order chi connectivity index (χ1) is 17.9. The minimum atomic E-state index is -0.618. The Morgan fingerprint density at radius 2 is 1.76 bits per heavy atom. The molecule has 1 aliphatic carbocycles. The molecule has 0 radical (unpaired) electrons. The molecule has 0 saturated heterocycles. The number of benzene rings is 3. The average molecular weight is 495 g/mol. The molecule has 37 heavy (non-hydrogen) atoms. The average Bonchev–Trinajstić information content (AvgIpc) is 3.67. The maximum absolute atomic E-state index is 12.5. The van der Waals surface area contributed by atoms with Crippen LogP contribution >= 0.6 is 0 Å². The van der Waals surface area contributed by atoms with E-state index in [1.807, 2.05) is 66.7 Å². The lowest BCUT2D eigenvalue weighted by Crippen LogP contribution is -2.21. The molecule has 1 atom stereocenters. The van der Waals surface area contributed by atoms with Crippen molar-refractivity contribution < 1.29 is 23.6 Å². The third kappa shape index (κ3) is 4.91. The standard InChI is InChI=1S/C30H26N2O5/c1-19-27(31-29(34)36-20(2)22-7-5-4-6-8-22)26(37-32-19)14-10-21-9-11-24-18-25(13-12-23(24)17-21)30(15-16-30)28(33)35-3/h4-9,11-13,17-18,20H,15-16H2,1-3H3,(H,31,34). The van der Waals surface area contributed by atoms with Gasteiger partial charge < -0.3 is 14.0 Å². The normalized spacial score (nSPS) is 14.2. The summed E-state index contributed by atoms with van der Waals surface area (Å²) in [5, 5.41) is 8.67. The molecule has 1 amide bonds. The van der Waals surface area contributed by atoms with Crippen LogP contribution < -0.4 is 5.32 Å². The van der Waals surface area contributed by atoms with Crippen molar-refractivity contribution in [2.75, 3.05) is 12.4 Å². The van der Waals surface area contributed by atoms with Gasteiger partial charge in [0.2, 0.25) is 5.76 Å². The lowest BCUT2D eigenvalue weighted by atomic mass is 9.93. The predicted molar refractivity (Wildman–Crippen MR) is 139 cm³/mol. The number of aromatic nitrogens is 1. The Morgan fingerprint density at radius 1 is 1.03 bits per heavy atom. The van der Waals surface area contributed by atoms with Crippen molar-refractivity contribution >= 4 is 28.5 Å². The minimum absolute atomic E-state index is 0.181. The van der Waals surface area contributed by atoms with E-state index in [0.717, 1.165) is 40.3 Å². The fourth-order valence-electron chi connectivity index (χ4n) is 4.37. The summed E-state index contributed by atoms with van der Waals surface area (Å²) in [6.07, 6.45) is 0.574. The van der Waals surface area contributed by atoms with Gasteiger partial charge in [-0.1, -0.05) is 65.7 Å². The lowest BCUT2D eigenvalue weighted by molar-refractivity contribution is -0.143. The number of carbonyl (C=O) groups is 2. The molecule has 186 valence electrons. The number of aryl methyl sites for hydroxylation is 1. The Morgan fingerprint density at radius 3 is 2.49 bits per heavy atom. The first kappa shape index (κ1) is 24.1. The molecule has 0 bridgehead atoms. The maximum Gasteiger partial charge on any atom is 0.412 e. The molecule has 1 unspecified atom stereocenters. The lowest BCUT2D eigenvalue weighted by Gasteiger charge is -2.14. The van der Waals surface area contributed by atoms with Gasteiger partial charge in [0.15, 0.2) is 0 Å². The summed E-state index contributed by atoms with van der Waals surface area (Å²) in [6.45, 7) is 3.53. The number of nitrogens with one attached hydrogen (secondary N) is 1. The molecule has 1 heterocycles. The largest absolute Gasteiger partial charge is 0.468 e. The second-order valence-electron chi connectivity index (χ2n) is 9.16. The molecular weight excluding hydrogens is 468 g/mol. The number of methoxy groups -OCH3 is 1. The molecule has 0 spiro atoms. The van der Waals surface area contributed by atoms with E-state index in [0.29, 0.717) is 11.4 Å². The van der Waals surface area contributed by atoms with Crippen LogP contribution in [0.4, 0.5) is 10.5 Å². The van der Waals surface area contributed by atoms with Crippen LogP contribution in [0.2, 0.25) is 0 Å². The van der Waals surface area contributed by atoms with Crippen molar-refractivity contribution in [1.29, 1.82) is 0 Å². The van der Waals surface area contributed by atoms with Gasteiger partial charge in [0, 0.05) is 5.56 Å². The van der Waals surface area contributed by atoms with Crippen LogP contribution in [0.25, 0.3) is 10.8 Å². The summed E-state index contributed by atoms with van der Waals surface area (Å²) < 4.78 is 15.9. The van der Waals surface area contributed by atoms with E-state index in [2.05, 4.69) is 22.3 Å². The van der Waals surface area contributed by atoms with Crippen molar-refractivity contribution in [3.63, 3.8) is 0 Å². The topological polar surface area (TPSA) is 90.7 Å². The Hall–Kier alpha value is -4.57. The SMILES string of the molecule is COC(=O)C1(c2ccc3cc(C#Cc4onc(C)c4NC(=O)OC(C)c4ccccc4)ccc3c2)CC1. The maximum atomic E-state index is 12.5. The molecule has 0 aliphatic heterocycles. The number of rotatable bonds is 5. The van der Waals surface area contributed by atoms with Gasteiger partial charge in [-0.2, -0.15) is 0 Å². The number of fused-ring (bicyclic) bond motifs is 1. The summed E-state index contributed by atoms with van der Waals surface area (Å²) in [5.74, 6) is 6.10. The minimum Gasteiger partial charge on any atom is -0.468 e. The second kappa shape index (κ2) is 9.82. The van der Waals surface area contributed by atoms with Crippen LogP contribution in [0.3, 0.4) is 0 Å². The van der Waals surface area contributed by atoms with E-state index >= 15 is 0 Å². The van der Waals surface area contributed by atoms with Crippen molar-refractivity contribution in [1.82, 2.24) is 5.16 Å². The first-order valence-corrected chi connectivity index (χ1v) is 12.0. The molecule has 1 N–H and O–H groups in total. The molecule has 3 aromatic carbocycles. The smallest absolute Gasteiger partial charge is 0.412 e. The molecule has 1 aromatic heterocycles. The number of ether oxygens (including phenoxy) is 2. The van der Waals surface area contributed by atoms with Crippen LogP contribution in [0.5, 0.6) is 0 Å². The van der Waals surface area contributed by atoms with Gasteiger partial charge in [-0.15, -0.1) is 0 Å². The van der Waals surface area contributed by atoms with E-state index in [4.69, 9.17) is 14.0 Å². The van der Waals surface area contributed by atoms with Crippen LogP contribution in [0.15, 0.2) is 71.3 Å². The van der Waals surface area contributed by atoms with Crippen LogP contribution in [0, 0.1) is 18.8 Å². The molecule has 1 saturated carbocycles. The quantitative estimate of drug-likeness (QED) is 0.268. The highest BCUT2D eigenvalue weighted by molar-refractivity contribution is 5.91. The predicted octanol–water partition coefficient (Wildman–Crippen LogP) is 6.05. The van der Waals surface area contributed by atoms with Crippen molar-refractivity contribution in [3.8, 4) is 11.8 Å². The molecule has 5 rings (SSSR count). The Bertz CT molecular complexity index is 1540. The van der Waals surface area contributed by atoms with Gasteiger partial charge in [-0.3, -0.25) is 10.1 Å². The number of esters is 1. The third-order valence-electron chi connectivity index (χ3n) is 6.68. The summed E-state index contributed by atoms with van der Waals surface area (Å²) >= 11 is 0. The highest BCUT2D eigenvalue weighted by Gasteiger charge is 2.52. The zero-order valence-electron chi connectivity index (χ0n) is 20.8. The number of anilines is 1. The third-order valence-corrected chi connectivity index (χ3v) is 6.68. The van der Waals surface area contributed by atoms with Gasteiger partial charge >= 0.3 is 12.1 Å². The molecule has 4 aromatic rings. The van der Waals surface area contributed by atoms with Crippen LogP contribution in [-0.2, 0) is 19.7 Å². The number of carbonyl (C=O) groups excluding carboxylic acids is 2. The number of nitrogens with zero attached hydrogens (tertiary/aromatic N) is 1. The van der Waals surface area contributed by atoms with Gasteiger partial charge in [0.05, 0.1) is 12.5 Å². The van der Waals surface area contributed by atoms with Crippen LogP contribution in [-0.4, -0.2) is 24.3 Å². The second-order valence-corrected chi connectivity index (χ2v) is 9.16. The highest BCUT2D eigenvalue weighted by atomic mass is 16.6. The summed E-state index contributed by atoms with van der Waals surface area (Å²) in [5.41, 5.74) is 3.01. The molecule has 1 aliphatic rings. The fourth-order valence-corrected chi connectivity index (χ4v) is 4.37. The van der Waals surface area contributed by atoms with Gasteiger partial charge in [-0.05, 0) is 66.6 Å². The van der Waals surface area contributed by atoms with E-state index in [1.54, 1.807) is 13.8 Å². The molecule has 7 nitrogen and oxygen atoms in total. The number of hydrogen-bond acceptors (Lipinski definition) is 6. The van der Waals surface area contributed by atoms with E-state index in [9.17, 15) is 9.59 Å². The fraction of sp³-hybridized carbons (Fsp3) is 0.233. The van der Waals surface area contributed by atoms with Crippen molar-refractivity contribution in [2.45, 2.75) is 38.2 Å². The zero-order chi connectivity index (χ0) is 26.0. The van der Waals surface area contributed by atoms with Gasteiger partial charge in [0.1, 0.15) is 17.5 Å². The Balaban J connectivity index is 1.32. The monoisotopic (exact) mass is 494 g/mol.